The van der Waals surface area contributed by atoms with Gasteiger partial charge < -0.3 is 14.2 Å². The molecule has 1 unspecified atom stereocenters. The fourth-order valence-electron chi connectivity index (χ4n) is 7.96. The molecule has 0 aromatic heterocycles. The van der Waals surface area contributed by atoms with Crippen molar-refractivity contribution in [1.82, 2.24) is 0 Å². The summed E-state index contributed by atoms with van der Waals surface area (Å²) in [4.78, 5) is 37.9. The molecule has 2 atom stereocenters. The highest BCUT2D eigenvalue weighted by Crippen LogP contribution is 2.18. The highest BCUT2D eigenvalue weighted by molar-refractivity contribution is 5.71. The van der Waals surface area contributed by atoms with Gasteiger partial charge in [0.15, 0.2) is 6.10 Å². The number of carbonyl (C=O) groups is 3. The van der Waals surface area contributed by atoms with Crippen molar-refractivity contribution in [1.29, 1.82) is 0 Å². The van der Waals surface area contributed by atoms with Gasteiger partial charge in [0.05, 0.1) is 0 Å². The maximum atomic E-state index is 12.8. The van der Waals surface area contributed by atoms with Crippen LogP contribution in [0, 0.1) is 11.8 Å². The van der Waals surface area contributed by atoms with Crippen LogP contribution < -0.4 is 0 Å². The van der Waals surface area contributed by atoms with E-state index in [0.29, 0.717) is 19.3 Å². The minimum absolute atomic E-state index is 0.0637. The fraction of sp³-hybridized carbons (Fsp3) is 0.943. The van der Waals surface area contributed by atoms with E-state index in [-0.39, 0.29) is 31.1 Å². The third-order valence-electron chi connectivity index (χ3n) is 12.3. The highest BCUT2D eigenvalue weighted by atomic mass is 16.6. The molecule has 6 heteroatoms. The Bertz CT molecular complexity index is 902. The lowest BCUT2D eigenvalue weighted by Gasteiger charge is -2.18. The summed E-state index contributed by atoms with van der Waals surface area (Å²) in [6.45, 7) is 11.4. The zero-order valence-electron chi connectivity index (χ0n) is 40.4. The van der Waals surface area contributed by atoms with Gasteiger partial charge in [-0.25, -0.2) is 0 Å². The molecule has 0 fully saturated rings. The first-order valence-electron chi connectivity index (χ1n) is 26.3. The summed E-state index contributed by atoms with van der Waals surface area (Å²) in [7, 11) is 0. The first kappa shape index (κ1) is 57.4. The molecule has 0 aromatic rings. The van der Waals surface area contributed by atoms with Crippen LogP contribution in [0.4, 0.5) is 0 Å². The first-order valence-corrected chi connectivity index (χ1v) is 26.3. The topological polar surface area (TPSA) is 78.9 Å². The molecule has 0 aliphatic carbocycles. The molecule has 0 radical (unpaired) electrons. The van der Waals surface area contributed by atoms with E-state index in [4.69, 9.17) is 14.2 Å². The monoisotopic (exact) mass is 835 g/mol. The molecular weight excluding hydrogens is 733 g/mol. The van der Waals surface area contributed by atoms with E-state index in [1.54, 1.807) is 0 Å². The maximum Gasteiger partial charge on any atom is 0.306 e. The third-order valence-corrected chi connectivity index (χ3v) is 12.3. The summed E-state index contributed by atoms with van der Waals surface area (Å²) in [5, 5.41) is 0. The Labute approximate surface area is 368 Å². The molecule has 0 spiro atoms. The third kappa shape index (κ3) is 45.8. The van der Waals surface area contributed by atoms with Gasteiger partial charge in [-0.2, -0.15) is 0 Å². The van der Waals surface area contributed by atoms with Crippen LogP contribution in [0.2, 0.25) is 0 Å². The van der Waals surface area contributed by atoms with Crippen LogP contribution in [-0.2, 0) is 28.6 Å². The second-order valence-corrected chi connectivity index (χ2v) is 18.9. The molecule has 0 bridgehead atoms. The summed E-state index contributed by atoms with van der Waals surface area (Å²) in [6, 6.07) is 0. The van der Waals surface area contributed by atoms with Crippen molar-refractivity contribution < 1.29 is 28.6 Å². The van der Waals surface area contributed by atoms with Crippen LogP contribution >= 0.6 is 0 Å². The SMILES string of the molecule is CCCCCCCCCCCCCC(=O)O[C@H](COC(=O)CCCCCCCCCCCCCCCCCC(C)C)COC(=O)CCCCCCCCCCC(C)CC. The lowest BCUT2D eigenvalue weighted by atomic mass is 9.99. The quantitative estimate of drug-likeness (QED) is 0.0345. The van der Waals surface area contributed by atoms with Gasteiger partial charge in [-0.15, -0.1) is 0 Å². The van der Waals surface area contributed by atoms with Gasteiger partial charge in [0.2, 0.25) is 0 Å². The molecule has 0 N–H and O–H groups in total. The smallest absolute Gasteiger partial charge is 0.306 e. The van der Waals surface area contributed by atoms with Crippen molar-refractivity contribution in [3.8, 4) is 0 Å². The molecule has 0 aromatic carbocycles. The predicted octanol–water partition coefficient (Wildman–Crippen LogP) is 16.9. The molecule has 59 heavy (non-hydrogen) atoms. The molecule has 0 aliphatic rings. The van der Waals surface area contributed by atoms with Gasteiger partial charge in [0, 0.05) is 19.3 Å². The zero-order chi connectivity index (χ0) is 43.3. The first-order chi connectivity index (χ1) is 28.8. The second-order valence-electron chi connectivity index (χ2n) is 18.9. The van der Waals surface area contributed by atoms with Crippen LogP contribution in [0.15, 0.2) is 0 Å². The van der Waals surface area contributed by atoms with E-state index in [9.17, 15) is 14.4 Å². The number of unbranched alkanes of at least 4 members (excludes halogenated alkanes) is 31. The number of hydrogen-bond donors (Lipinski definition) is 0. The molecule has 0 amide bonds. The van der Waals surface area contributed by atoms with Gasteiger partial charge in [-0.3, -0.25) is 14.4 Å². The van der Waals surface area contributed by atoms with Crippen molar-refractivity contribution >= 4 is 17.9 Å². The molecule has 350 valence electrons. The van der Waals surface area contributed by atoms with Gasteiger partial charge in [0.1, 0.15) is 13.2 Å². The molecule has 6 nitrogen and oxygen atoms in total. The molecule has 0 aliphatic heterocycles. The summed E-state index contributed by atoms with van der Waals surface area (Å²) in [5.41, 5.74) is 0. The average molecular weight is 835 g/mol. The van der Waals surface area contributed by atoms with Gasteiger partial charge in [0.25, 0.3) is 0 Å². The van der Waals surface area contributed by atoms with E-state index in [2.05, 4.69) is 34.6 Å². The Morgan fingerprint density at radius 1 is 0.356 bits per heavy atom. The molecule has 0 rings (SSSR count). The minimum atomic E-state index is -0.761. The molecule has 0 saturated carbocycles. The predicted molar refractivity (Wildman–Crippen MR) is 252 cm³/mol. The zero-order valence-corrected chi connectivity index (χ0v) is 40.4. The van der Waals surface area contributed by atoms with Crippen molar-refractivity contribution in [3.05, 3.63) is 0 Å². The lowest BCUT2D eigenvalue weighted by molar-refractivity contribution is -0.167. The Morgan fingerprint density at radius 2 is 0.644 bits per heavy atom. The van der Waals surface area contributed by atoms with Gasteiger partial charge in [-0.1, -0.05) is 253 Å². The Kier molecular flexibility index (Phi) is 44.7. The largest absolute Gasteiger partial charge is 0.462 e. The average Bonchev–Trinajstić information content (AvgIpc) is 3.22. The van der Waals surface area contributed by atoms with Crippen LogP contribution in [0.25, 0.3) is 0 Å². The van der Waals surface area contributed by atoms with Crippen LogP contribution in [-0.4, -0.2) is 37.2 Å². The van der Waals surface area contributed by atoms with E-state index in [1.165, 1.54) is 180 Å². The Hall–Kier alpha value is -1.59. The van der Waals surface area contributed by atoms with E-state index in [1.807, 2.05) is 0 Å². The van der Waals surface area contributed by atoms with Crippen molar-refractivity contribution in [2.45, 2.75) is 298 Å². The number of hydrogen-bond acceptors (Lipinski definition) is 6. The normalized spacial score (nSPS) is 12.5. The summed E-state index contributed by atoms with van der Waals surface area (Å²) in [5.74, 6) is 0.848. The highest BCUT2D eigenvalue weighted by Gasteiger charge is 2.19. The number of esters is 3. The molecule has 0 heterocycles. The summed E-state index contributed by atoms with van der Waals surface area (Å²) in [6.07, 6.45) is 46.5. The van der Waals surface area contributed by atoms with Gasteiger partial charge in [-0.05, 0) is 31.1 Å². The van der Waals surface area contributed by atoms with Crippen molar-refractivity contribution in [2.24, 2.45) is 11.8 Å². The van der Waals surface area contributed by atoms with Crippen molar-refractivity contribution in [3.63, 3.8) is 0 Å². The van der Waals surface area contributed by atoms with Crippen LogP contribution in [0.1, 0.15) is 291 Å². The second kappa shape index (κ2) is 45.9. The minimum Gasteiger partial charge on any atom is -0.462 e. The molecular formula is C53H102O6. The Morgan fingerprint density at radius 3 is 0.966 bits per heavy atom. The molecule has 0 saturated heterocycles. The lowest BCUT2D eigenvalue weighted by Crippen LogP contribution is -2.30. The number of ether oxygens (including phenoxy) is 3. The fourth-order valence-corrected chi connectivity index (χ4v) is 7.96. The van der Waals surface area contributed by atoms with E-state index in [0.717, 1.165) is 69.6 Å². The van der Waals surface area contributed by atoms with E-state index < -0.39 is 6.10 Å². The summed E-state index contributed by atoms with van der Waals surface area (Å²) >= 11 is 0. The standard InChI is InChI=1S/C53H102O6/c1-6-8-9-10-11-12-18-23-30-35-40-45-53(56)59-50(47-58-52(55)44-39-34-29-25-24-27-32-37-42-49(5)7-2)46-57-51(54)43-38-33-28-22-20-17-15-13-14-16-19-21-26-31-36-41-48(3)4/h48-50H,6-47H2,1-5H3/t49?,50-/m1/s1. The van der Waals surface area contributed by atoms with E-state index >= 15 is 0 Å². The van der Waals surface area contributed by atoms with Crippen molar-refractivity contribution in [2.75, 3.05) is 13.2 Å². The Balaban J connectivity index is 4.26. The number of rotatable bonds is 47. The van der Waals surface area contributed by atoms with Crippen LogP contribution in [0.3, 0.4) is 0 Å². The van der Waals surface area contributed by atoms with Crippen LogP contribution in [0.5, 0.6) is 0 Å². The number of carbonyl (C=O) groups excluding carboxylic acids is 3. The summed E-state index contributed by atoms with van der Waals surface area (Å²) < 4.78 is 16.8. The van der Waals surface area contributed by atoms with Gasteiger partial charge >= 0.3 is 17.9 Å². The maximum absolute atomic E-state index is 12.8.